The fourth-order valence-electron chi connectivity index (χ4n) is 2.27. The molecule has 0 bridgehead atoms. The Morgan fingerprint density at radius 3 is 2.42 bits per heavy atom. The van der Waals surface area contributed by atoms with E-state index < -0.39 is 0 Å². The number of aromatic nitrogens is 2. The zero-order valence-electron chi connectivity index (χ0n) is 12.3. The number of halogens is 4. The van der Waals surface area contributed by atoms with Crippen LogP contribution in [0.4, 0.5) is 0 Å². The van der Waals surface area contributed by atoms with Crippen LogP contribution in [0.3, 0.4) is 0 Å². The summed E-state index contributed by atoms with van der Waals surface area (Å²) < 4.78 is 2.00. The molecule has 1 aromatic heterocycles. The number of nitrogens with zero attached hydrogens (tertiary/aromatic N) is 2. The second-order valence-electron chi connectivity index (χ2n) is 5.11. The average Bonchev–Trinajstić information content (AvgIpc) is 3.03. The summed E-state index contributed by atoms with van der Waals surface area (Å²) in [5, 5.41) is 2.56. The maximum absolute atomic E-state index is 6.42. The fourth-order valence-corrected chi connectivity index (χ4v) is 4.62. The van der Waals surface area contributed by atoms with E-state index in [1.54, 1.807) is 42.5 Å². The summed E-state index contributed by atoms with van der Waals surface area (Å²) in [6.07, 6.45) is 5.44. The maximum atomic E-state index is 6.42. The largest absolute Gasteiger partial charge is 0.336 e. The molecule has 0 fully saturated rings. The van der Waals surface area contributed by atoms with Crippen molar-refractivity contribution in [2.75, 3.05) is 0 Å². The Bertz CT molecular complexity index is 837. The smallest absolute Gasteiger partial charge is 0.0946 e. The highest BCUT2D eigenvalue weighted by Crippen LogP contribution is 2.43. The van der Waals surface area contributed by atoms with E-state index in [2.05, 4.69) is 4.98 Å². The fraction of sp³-hybridized carbons (Fsp3) is 0.118. The predicted molar refractivity (Wildman–Crippen MR) is 104 cm³/mol. The average molecular weight is 418 g/mol. The molecule has 0 radical (unpaired) electrons. The Labute approximate surface area is 164 Å². The maximum Gasteiger partial charge on any atom is 0.0946 e. The minimum absolute atomic E-state index is 0.0277. The second-order valence-corrected chi connectivity index (χ2v) is 8.04. The van der Waals surface area contributed by atoms with Crippen molar-refractivity contribution in [3.63, 3.8) is 0 Å². The Balaban J connectivity index is 1.96. The number of thioether (sulfide) groups is 1. The van der Waals surface area contributed by atoms with Gasteiger partial charge in [0.1, 0.15) is 0 Å². The summed E-state index contributed by atoms with van der Waals surface area (Å²) in [5.41, 5.74) is 0.982. The summed E-state index contributed by atoms with van der Waals surface area (Å²) in [6, 6.07) is 11.0. The Kier molecular flexibility index (Phi) is 6.01. The van der Waals surface area contributed by atoms with Gasteiger partial charge in [-0.2, -0.15) is 0 Å². The van der Waals surface area contributed by atoms with Gasteiger partial charge in [-0.05, 0) is 35.9 Å². The van der Waals surface area contributed by atoms with E-state index in [1.807, 2.05) is 29.0 Å². The van der Waals surface area contributed by atoms with Gasteiger partial charge in [0.15, 0.2) is 0 Å². The zero-order chi connectivity index (χ0) is 17.1. The number of benzene rings is 2. The Morgan fingerprint density at radius 1 is 0.958 bits per heavy atom. The molecule has 1 heterocycles. The van der Waals surface area contributed by atoms with Crippen LogP contribution in [0.2, 0.25) is 20.1 Å². The molecule has 0 saturated carbocycles. The Morgan fingerprint density at radius 2 is 1.71 bits per heavy atom. The van der Waals surface area contributed by atoms with E-state index in [0.29, 0.717) is 26.6 Å². The van der Waals surface area contributed by atoms with Crippen LogP contribution in [0, 0.1) is 0 Å². The first-order chi connectivity index (χ1) is 11.5. The molecule has 0 N–H and O–H groups in total. The highest BCUT2D eigenvalue weighted by Gasteiger charge is 2.19. The molecular formula is C17H12Cl4N2S. The van der Waals surface area contributed by atoms with Gasteiger partial charge < -0.3 is 4.57 Å². The van der Waals surface area contributed by atoms with E-state index in [-0.39, 0.29) is 5.25 Å². The first kappa shape index (κ1) is 18.0. The predicted octanol–water partition coefficient (Wildman–Crippen LogP) is 7.03. The van der Waals surface area contributed by atoms with Gasteiger partial charge in [-0.3, -0.25) is 0 Å². The van der Waals surface area contributed by atoms with Crippen LogP contribution >= 0.6 is 58.2 Å². The van der Waals surface area contributed by atoms with Crippen LogP contribution in [0.5, 0.6) is 0 Å². The topological polar surface area (TPSA) is 17.8 Å². The van der Waals surface area contributed by atoms with E-state index in [1.165, 1.54) is 0 Å². The molecule has 3 rings (SSSR count). The molecule has 7 heteroatoms. The second kappa shape index (κ2) is 8.03. The van der Waals surface area contributed by atoms with Gasteiger partial charge in [-0.15, -0.1) is 11.8 Å². The van der Waals surface area contributed by atoms with Gasteiger partial charge in [0.2, 0.25) is 0 Å². The van der Waals surface area contributed by atoms with Gasteiger partial charge in [0.25, 0.3) is 0 Å². The summed E-state index contributed by atoms with van der Waals surface area (Å²) in [4.78, 5) is 5.00. The standard InChI is InChI=1S/C17H12Cl4N2S/c18-11-1-3-13(15(21)7-11)17(9-23-6-5-22-10-23)24-16-8-12(19)2-4-14(16)20/h1-8,10,17H,9H2. The quantitative estimate of drug-likeness (QED) is 0.414. The van der Waals surface area contributed by atoms with E-state index in [9.17, 15) is 0 Å². The van der Waals surface area contributed by atoms with Crippen molar-refractivity contribution in [2.24, 2.45) is 0 Å². The lowest BCUT2D eigenvalue weighted by molar-refractivity contribution is 0.683. The lowest BCUT2D eigenvalue weighted by Crippen LogP contribution is -2.05. The van der Waals surface area contributed by atoms with Crippen LogP contribution in [0.25, 0.3) is 0 Å². The lowest BCUT2D eigenvalue weighted by Gasteiger charge is -2.20. The molecule has 3 aromatic rings. The van der Waals surface area contributed by atoms with Crippen molar-refractivity contribution in [3.8, 4) is 0 Å². The van der Waals surface area contributed by atoms with Crippen molar-refractivity contribution in [3.05, 3.63) is 80.8 Å². The van der Waals surface area contributed by atoms with Crippen LogP contribution in [0.15, 0.2) is 60.0 Å². The Hall–Kier alpha value is -0.840. The van der Waals surface area contributed by atoms with E-state index in [0.717, 1.165) is 10.5 Å². The van der Waals surface area contributed by atoms with Crippen LogP contribution < -0.4 is 0 Å². The van der Waals surface area contributed by atoms with Crippen molar-refractivity contribution < 1.29 is 0 Å². The zero-order valence-corrected chi connectivity index (χ0v) is 16.1. The molecule has 1 unspecified atom stereocenters. The summed E-state index contributed by atoms with van der Waals surface area (Å²) in [6.45, 7) is 0.689. The van der Waals surface area contributed by atoms with Crippen molar-refractivity contribution >= 4 is 58.2 Å². The minimum Gasteiger partial charge on any atom is -0.336 e. The highest BCUT2D eigenvalue weighted by molar-refractivity contribution is 7.99. The number of rotatable bonds is 5. The van der Waals surface area contributed by atoms with Crippen molar-refractivity contribution in [1.82, 2.24) is 9.55 Å². The molecule has 124 valence electrons. The first-order valence-corrected chi connectivity index (χ1v) is 9.44. The van der Waals surface area contributed by atoms with E-state index >= 15 is 0 Å². The third-order valence-electron chi connectivity index (χ3n) is 3.41. The van der Waals surface area contributed by atoms with Crippen molar-refractivity contribution in [1.29, 1.82) is 0 Å². The lowest BCUT2D eigenvalue weighted by atomic mass is 10.1. The van der Waals surface area contributed by atoms with E-state index in [4.69, 9.17) is 46.4 Å². The molecule has 0 aliphatic rings. The molecule has 0 amide bonds. The highest BCUT2D eigenvalue weighted by atomic mass is 35.5. The molecule has 2 aromatic carbocycles. The number of hydrogen-bond donors (Lipinski definition) is 0. The number of imidazole rings is 1. The van der Waals surface area contributed by atoms with Crippen LogP contribution in [-0.4, -0.2) is 9.55 Å². The molecule has 24 heavy (non-hydrogen) atoms. The van der Waals surface area contributed by atoms with Crippen molar-refractivity contribution in [2.45, 2.75) is 16.7 Å². The monoisotopic (exact) mass is 416 g/mol. The molecular weight excluding hydrogens is 406 g/mol. The number of hydrogen-bond acceptors (Lipinski definition) is 2. The van der Waals surface area contributed by atoms with Crippen LogP contribution in [-0.2, 0) is 6.54 Å². The summed E-state index contributed by atoms with van der Waals surface area (Å²) in [7, 11) is 0. The molecule has 1 atom stereocenters. The van der Waals surface area contributed by atoms with Gasteiger partial charge in [-0.25, -0.2) is 4.98 Å². The molecule has 0 spiro atoms. The SMILES string of the molecule is Clc1ccc(C(Cn2ccnc2)Sc2cc(Cl)ccc2Cl)c(Cl)c1. The van der Waals surface area contributed by atoms with Gasteiger partial charge in [0.05, 0.1) is 16.6 Å². The van der Waals surface area contributed by atoms with Gasteiger partial charge in [0, 0.05) is 38.9 Å². The first-order valence-electron chi connectivity index (χ1n) is 7.05. The van der Waals surface area contributed by atoms with Gasteiger partial charge >= 0.3 is 0 Å². The third-order valence-corrected chi connectivity index (χ3v) is 5.93. The molecule has 0 aliphatic heterocycles. The molecule has 0 aliphatic carbocycles. The van der Waals surface area contributed by atoms with Crippen LogP contribution in [0.1, 0.15) is 10.8 Å². The van der Waals surface area contributed by atoms with Gasteiger partial charge in [-0.1, -0.05) is 52.5 Å². The molecule has 0 saturated heterocycles. The minimum atomic E-state index is 0.0277. The normalized spacial score (nSPS) is 12.3. The summed E-state index contributed by atoms with van der Waals surface area (Å²) in [5.74, 6) is 0. The molecule has 2 nitrogen and oxygen atoms in total. The summed E-state index contributed by atoms with van der Waals surface area (Å²) >= 11 is 26.5. The third kappa shape index (κ3) is 4.41.